The van der Waals surface area contributed by atoms with Gasteiger partial charge in [-0.3, -0.25) is 5.43 Å². The summed E-state index contributed by atoms with van der Waals surface area (Å²) < 4.78 is 0. The number of hydrogen-bond donors (Lipinski definition) is 2. The Bertz CT molecular complexity index is 421. The van der Waals surface area contributed by atoms with Crippen molar-refractivity contribution in [3.05, 3.63) is 0 Å². The van der Waals surface area contributed by atoms with Gasteiger partial charge in [-0.15, -0.1) is 0 Å². The fraction of sp³-hybridized carbons (Fsp3) is 0.750. The normalized spacial score (nSPS) is 20.0. The maximum Gasteiger partial charge on any atom is 0.243 e. The molecule has 1 aromatic rings. The number of nitrogens with two attached hydrogens (primary N) is 1. The van der Waals surface area contributed by atoms with Gasteiger partial charge in [-0.2, -0.15) is 15.0 Å². The van der Waals surface area contributed by atoms with Crippen LogP contribution in [0.15, 0.2) is 0 Å². The molecule has 0 bridgehead atoms. The zero-order chi connectivity index (χ0) is 13.8. The highest BCUT2D eigenvalue weighted by molar-refractivity contribution is 5.44. The first kappa shape index (κ1) is 13.8. The second-order valence-corrected chi connectivity index (χ2v) is 5.19. The molecule has 7 nitrogen and oxygen atoms in total. The van der Waals surface area contributed by atoms with E-state index in [0.717, 1.165) is 6.54 Å². The van der Waals surface area contributed by atoms with Gasteiger partial charge in [0.05, 0.1) is 0 Å². The van der Waals surface area contributed by atoms with E-state index in [1.165, 1.54) is 25.7 Å². The summed E-state index contributed by atoms with van der Waals surface area (Å²) in [5.41, 5.74) is 2.52. The molecule has 1 atom stereocenters. The van der Waals surface area contributed by atoms with E-state index < -0.39 is 0 Å². The first-order chi connectivity index (χ1) is 9.11. The molecule has 19 heavy (non-hydrogen) atoms. The lowest BCUT2D eigenvalue weighted by Crippen LogP contribution is -2.35. The molecular formula is C12H23N7. The summed E-state index contributed by atoms with van der Waals surface area (Å²) in [6.45, 7) is 3.21. The minimum absolute atomic E-state index is 0.408. The van der Waals surface area contributed by atoms with Gasteiger partial charge in [0, 0.05) is 26.7 Å². The second-order valence-electron chi connectivity index (χ2n) is 5.19. The molecule has 1 saturated heterocycles. The average molecular weight is 265 g/mol. The summed E-state index contributed by atoms with van der Waals surface area (Å²) in [4.78, 5) is 17.3. The summed E-state index contributed by atoms with van der Waals surface area (Å²) in [5, 5.41) is 0. The molecule has 2 heterocycles. The fourth-order valence-corrected chi connectivity index (χ4v) is 2.32. The summed E-state index contributed by atoms with van der Waals surface area (Å²) in [6.07, 6.45) is 4.90. The van der Waals surface area contributed by atoms with Gasteiger partial charge in [0.25, 0.3) is 0 Å². The second kappa shape index (κ2) is 6.01. The Morgan fingerprint density at radius 3 is 2.68 bits per heavy atom. The van der Waals surface area contributed by atoms with Crippen LogP contribution in [0.1, 0.15) is 32.6 Å². The largest absolute Gasteiger partial charge is 0.347 e. The highest BCUT2D eigenvalue weighted by atomic mass is 15.4. The van der Waals surface area contributed by atoms with Crippen molar-refractivity contribution in [2.75, 3.05) is 35.9 Å². The lowest BCUT2D eigenvalue weighted by atomic mass is 10.1. The molecule has 0 saturated carbocycles. The molecule has 7 heteroatoms. The smallest absolute Gasteiger partial charge is 0.243 e. The maximum atomic E-state index is 5.44. The van der Waals surface area contributed by atoms with Crippen LogP contribution < -0.4 is 21.1 Å². The minimum Gasteiger partial charge on any atom is -0.347 e. The number of hydrazine groups is 1. The molecule has 0 aromatic carbocycles. The highest BCUT2D eigenvalue weighted by Gasteiger charge is 2.21. The fourth-order valence-electron chi connectivity index (χ4n) is 2.32. The zero-order valence-electron chi connectivity index (χ0n) is 11.9. The van der Waals surface area contributed by atoms with Gasteiger partial charge < -0.3 is 9.80 Å². The maximum absolute atomic E-state index is 5.44. The monoisotopic (exact) mass is 265 g/mol. The number of nitrogens with one attached hydrogen (secondary N) is 1. The van der Waals surface area contributed by atoms with E-state index in [2.05, 4.69) is 32.2 Å². The van der Waals surface area contributed by atoms with Crippen LogP contribution in [0.5, 0.6) is 0 Å². The van der Waals surface area contributed by atoms with Crippen LogP contribution in [0.2, 0.25) is 0 Å². The number of hydrogen-bond acceptors (Lipinski definition) is 7. The van der Waals surface area contributed by atoms with Gasteiger partial charge in [-0.25, -0.2) is 5.84 Å². The summed E-state index contributed by atoms with van der Waals surface area (Å²) >= 11 is 0. The van der Waals surface area contributed by atoms with E-state index in [0.29, 0.717) is 23.9 Å². The predicted molar refractivity (Wildman–Crippen MR) is 77.2 cm³/mol. The molecular weight excluding hydrogens is 242 g/mol. The van der Waals surface area contributed by atoms with E-state index >= 15 is 0 Å². The molecule has 106 valence electrons. The van der Waals surface area contributed by atoms with E-state index in [1.54, 1.807) is 0 Å². The van der Waals surface area contributed by atoms with Crippen LogP contribution in [0.3, 0.4) is 0 Å². The number of rotatable bonds is 3. The van der Waals surface area contributed by atoms with Gasteiger partial charge in [-0.05, 0) is 19.8 Å². The number of nitrogen functional groups attached to an aromatic ring is 1. The van der Waals surface area contributed by atoms with Crippen molar-refractivity contribution in [3.63, 3.8) is 0 Å². The summed E-state index contributed by atoms with van der Waals surface area (Å²) in [5.74, 6) is 7.18. The molecule has 0 amide bonds. The third kappa shape index (κ3) is 3.23. The van der Waals surface area contributed by atoms with E-state index in [9.17, 15) is 0 Å². The third-order valence-corrected chi connectivity index (χ3v) is 3.45. The first-order valence-corrected chi connectivity index (χ1v) is 6.78. The van der Waals surface area contributed by atoms with Gasteiger partial charge in [-0.1, -0.05) is 12.8 Å². The Hall–Kier alpha value is -1.63. The Morgan fingerprint density at radius 2 is 2.00 bits per heavy atom. The van der Waals surface area contributed by atoms with Crippen LogP contribution in [-0.4, -0.2) is 41.6 Å². The van der Waals surface area contributed by atoms with Crippen molar-refractivity contribution >= 4 is 17.8 Å². The molecule has 1 aliphatic heterocycles. The van der Waals surface area contributed by atoms with Gasteiger partial charge >= 0.3 is 0 Å². The van der Waals surface area contributed by atoms with Crippen LogP contribution in [0.25, 0.3) is 0 Å². The van der Waals surface area contributed by atoms with Gasteiger partial charge in [0.1, 0.15) is 0 Å². The third-order valence-electron chi connectivity index (χ3n) is 3.45. The SMILES string of the molecule is CC1CCCCCN1c1nc(NN)nc(N(C)C)n1. The van der Waals surface area contributed by atoms with Crippen molar-refractivity contribution in [1.29, 1.82) is 0 Å². The lowest BCUT2D eigenvalue weighted by Gasteiger charge is -2.27. The predicted octanol–water partition coefficient (Wildman–Crippen LogP) is 0.992. The topological polar surface area (TPSA) is 83.2 Å². The first-order valence-electron chi connectivity index (χ1n) is 6.78. The van der Waals surface area contributed by atoms with Gasteiger partial charge in [0.2, 0.25) is 17.8 Å². The van der Waals surface area contributed by atoms with E-state index in [4.69, 9.17) is 5.84 Å². The highest BCUT2D eigenvalue weighted by Crippen LogP contribution is 2.22. The zero-order valence-corrected chi connectivity index (χ0v) is 11.9. The molecule has 1 fully saturated rings. The van der Waals surface area contributed by atoms with Crippen LogP contribution in [0.4, 0.5) is 17.8 Å². The van der Waals surface area contributed by atoms with Crippen molar-refractivity contribution in [1.82, 2.24) is 15.0 Å². The molecule has 1 aromatic heterocycles. The summed E-state index contributed by atoms with van der Waals surface area (Å²) in [6, 6.07) is 0.450. The van der Waals surface area contributed by atoms with Crippen LogP contribution in [-0.2, 0) is 0 Å². The van der Waals surface area contributed by atoms with Crippen LogP contribution >= 0.6 is 0 Å². The molecule has 2 rings (SSSR count). The van der Waals surface area contributed by atoms with Crippen molar-refractivity contribution < 1.29 is 0 Å². The van der Waals surface area contributed by atoms with Crippen molar-refractivity contribution in [3.8, 4) is 0 Å². The number of nitrogens with zero attached hydrogens (tertiary/aromatic N) is 5. The molecule has 1 unspecified atom stereocenters. The van der Waals surface area contributed by atoms with Gasteiger partial charge in [0.15, 0.2) is 0 Å². The number of aromatic nitrogens is 3. The Balaban J connectivity index is 2.33. The molecule has 0 spiro atoms. The molecule has 0 radical (unpaired) electrons. The molecule has 0 aliphatic carbocycles. The lowest BCUT2D eigenvalue weighted by molar-refractivity contribution is 0.604. The standard InChI is InChI=1S/C12H23N7/c1-9-7-5-4-6-8-19(9)12-15-10(17-13)14-11(16-12)18(2)3/h9H,4-8,13H2,1-3H3,(H,14,15,16,17). The van der Waals surface area contributed by atoms with Crippen molar-refractivity contribution in [2.45, 2.75) is 38.6 Å². The Kier molecular flexibility index (Phi) is 4.36. The van der Waals surface area contributed by atoms with E-state index in [-0.39, 0.29) is 0 Å². The quantitative estimate of drug-likeness (QED) is 0.623. The average Bonchev–Trinajstić information content (AvgIpc) is 2.62. The van der Waals surface area contributed by atoms with Crippen molar-refractivity contribution in [2.24, 2.45) is 5.84 Å². The minimum atomic E-state index is 0.408. The summed E-state index contributed by atoms with van der Waals surface area (Å²) in [7, 11) is 3.82. The Labute approximate surface area is 114 Å². The molecule has 1 aliphatic rings. The van der Waals surface area contributed by atoms with Crippen LogP contribution in [0, 0.1) is 0 Å². The van der Waals surface area contributed by atoms with E-state index in [1.807, 2.05) is 19.0 Å². The number of anilines is 3. The Morgan fingerprint density at radius 1 is 1.21 bits per heavy atom. The molecule has 3 N–H and O–H groups in total.